The minimum Gasteiger partial charge on any atom is -0.490 e. The van der Waals surface area contributed by atoms with E-state index in [9.17, 15) is 8.78 Å². The molecular weight excluding hydrogens is 330 g/mol. The van der Waals surface area contributed by atoms with Crippen molar-refractivity contribution >= 4 is 0 Å². The Kier molecular flexibility index (Phi) is 6.94. The summed E-state index contributed by atoms with van der Waals surface area (Å²) in [6, 6.07) is 2.81. The second kappa shape index (κ2) is 9.19. The molecule has 1 aromatic carbocycles. The van der Waals surface area contributed by atoms with Crippen molar-refractivity contribution in [3.05, 3.63) is 29.3 Å². The first-order valence-corrected chi connectivity index (χ1v) is 10.6. The predicted octanol–water partition coefficient (Wildman–Crippen LogP) is 7.06. The van der Waals surface area contributed by atoms with Crippen LogP contribution in [0.4, 0.5) is 8.78 Å². The van der Waals surface area contributed by atoms with E-state index < -0.39 is 11.6 Å². The van der Waals surface area contributed by atoms with Crippen molar-refractivity contribution in [3.8, 4) is 5.75 Å². The summed E-state index contributed by atoms with van der Waals surface area (Å²) in [4.78, 5) is 0. The summed E-state index contributed by atoms with van der Waals surface area (Å²) in [5.74, 6) is 1.65. The van der Waals surface area contributed by atoms with E-state index in [1.165, 1.54) is 57.4 Å². The Balaban J connectivity index is 1.42. The number of rotatable bonds is 6. The van der Waals surface area contributed by atoms with Gasteiger partial charge in [-0.2, -0.15) is 4.39 Å². The predicted molar refractivity (Wildman–Crippen MR) is 102 cm³/mol. The number of halogens is 2. The zero-order valence-corrected chi connectivity index (χ0v) is 16.4. The van der Waals surface area contributed by atoms with E-state index in [0.29, 0.717) is 18.1 Å². The van der Waals surface area contributed by atoms with Gasteiger partial charge in [0.25, 0.3) is 0 Å². The fourth-order valence-electron chi connectivity index (χ4n) is 5.19. The lowest BCUT2D eigenvalue weighted by atomic mass is 9.69. The number of aryl methyl sites for hydroxylation is 1. The molecule has 0 atom stereocenters. The fraction of sp³-hybridized carbons (Fsp3) is 0.739. The summed E-state index contributed by atoms with van der Waals surface area (Å²) < 4.78 is 33.0. The molecule has 3 heteroatoms. The summed E-state index contributed by atoms with van der Waals surface area (Å²) in [7, 11) is 0. The van der Waals surface area contributed by atoms with Gasteiger partial charge in [-0.05, 0) is 86.8 Å². The number of ether oxygens (including phenoxy) is 1. The lowest BCUT2D eigenvalue weighted by molar-refractivity contribution is 0.120. The van der Waals surface area contributed by atoms with E-state index in [-0.39, 0.29) is 5.75 Å². The van der Waals surface area contributed by atoms with Gasteiger partial charge in [-0.3, -0.25) is 0 Å². The Morgan fingerprint density at radius 3 is 2.04 bits per heavy atom. The van der Waals surface area contributed by atoms with Crippen LogP contribution in [-0.2, 0) is 0 Å². The average molecular weight is 365 g/mol. The minimum atomic E-state index is -0.854. The van der Waals surface area contributed by atoms with Crippen LogP contribution >= 0.6 is 0 Å². The highest BCUT2D eigenvalue weighted by Gasteiger charge is 2.31. The van der Waals surface area contributed by atoms with Gasteiger partial charge in [-0.1, -0.05) is 32.6 Å². The van der Waals surface area contributed by atoms with E-state index in [1.807, 2.05) is 0 Å². The molecule has 0 bridgehead atoms. The van der Waals surface area contributed by atoms with Crippen molar-refractivity contribution in [3.63, 3.8) is 0 Å². The molecule has 0 aliphatic heterocycles. The Bertz CT molecular complexity index is 570. The highest BCUT2D eigenvalue weighted by atomic mass is 19.2. The van der Waals surface area contributed by atoms with Crippen LogP contribution in [0, 0.1) is 42.2 Å². The molecule has 2 aliphatic carbocycles. The van der Waals surface area contributed by atoms with Crippen molar-refractivity contribution in [1.82, 2.24) is 0 Å². The van der Waals surface area contributed by atoms with Gasteiger partial charge < -0.3 is 4.74 Å². The van der Waals surface area contributed by atoms with Crippen LogP contribution in [0.1, 0.15) is 76.7 Å². The molecule has 0 radical (unpaired) electrons. The van der Waals surface area contributed by atoms with Crippen LogP contribution in [0.2, 0.25) is 0 Å². The molecule has 3 rings (SSSR count). The number of hydrogen-bond acceptors (Lipinski definition) is 1. The Morgan fingerprint density at radius 1 is 0.885 bits per heavy atom. The first-order valence-electron chi connectivity index (χ1n) is 10.6. The zero-order valence-electron chi connectivity index (χ0n) is 16.4. The van der Waals surface area contributed by atoms with Gasteiger partial charge in [-0.25, -0.2) is 4.39 Å². The van der Waals surface area contributed by atoms with Gasteiger partial charge in [-0.15, -0.1) is 0 Å². The van der Waals surface area contributed by atoms with E-state index in [1.54, 1.807) is 13.0 Å². The Morgan fingerprint density at radius 2 is 1.46 bits per heavy atom. The first-order chi connectivity index (χ1) is 12.6. The normalized spacial score (nSPS) is 29.5. The van der Waals surface area contributed by atoms with Gasteiger partial charge >= 0.3 is 0 Å². The van der Waals surface area contributed by atoms with Crippen LogP contribution in [-0.4, -0.2) is 6.61 Å². The molecule has 26 heavy (non-hydrogen) atoms. The molecule has 0 aromatic heterocycles. The third-order valence-corrected chi connectivity index (χ3v) is 6.76. The monoisotopic (exact) mass is 364 g/mol. The van der Waals surface area contributed by atoms with Gasteiger partial charge in [0.05, 0.1) is 6.61 Å². The van der Waals surface area contributed by atoms with Crippen LogP contribution in [0.5, 0.6) is 5.75 Å². The topological polar surface area (TPSA) is 9.23 Å². The molecule has 0 amide bonds. The lowest BCUT2D eigenvalue weighted by Gasteiger charge is -2.37. The Labute approximate surface area is 157 Å². The molecule has 2 saturated carbocycles. The van der Waals surface area contributed by atoms with Crippen LogP contribution in [0.15, 0.2) is 12.1 Å². The van der Waals surface area contributed by atoms with Crippen molar-refractivity contribution in [2.75, 3.05) is 6.61 Å². The number of hydrogen-bond donors (Lipinski definition) is 0. The Hall–Kier alpha value is -1.12. The quantitative estimate of drug-likeness (QED) is 0.525. The molecule has 0 unspecified atom stereocenters. The lowest BCUT2D eigenvalue weighted by Crippen LogP contribution is -2.27. The zero-order chi connectivity index (χ0) is 18.5. The van der Waals surface area contributed by atoms with Crippen molar-refractivity contribution < 1.29 is 13.5 Å². The summed E-state index contributed by atoms with van der Waals surface area (Å²) in [6.45, 7) is 4.57. The van der Waals surface area contributed by atoms with Gasteiger partial charge in [0.2, 0.25) is 5.82 Å². The highest BCUT2D eigenvalue weighted by molar-refractivity contribution is 5.30. The van der Waals surface area contributed by atoms with Crippen LogP contribution < -0.4 is 4.74 Å². The third-order valence-electron chi connectivity index (χ3n) is 6.76. The first kappa shape index (κ1) is 19.6. The molecule has 0 heterocycles. The second-order valence-electron chi connectivity index (χ2n) is 8.72. The van der Waals surface area contributed by atoms with Crippen LogP contribution in [0.3, 0.4) is 0 Å². The SMILES string of the molecule is CCCC1CCC(C2CCC(COc3cc(C)cc(F)c3F)CC2)CC1. The maximum atomic E-state index is 13.8. The second-order valence-corrected chi connectivity index (χ2v) is 8.72. The maximum Gasteiger partial charge on any atom is 0.200 e. The third kappa shape index (κ3) is 4.98. The molecule has 0 N–H and O–H groups in total. The molecular formula is C23H34F2O. The molecule has 1 nitrogen and oxygen atoms in total. The van der Waals surface area contributed by atoms with Gasteiger partial charge in [0.15, 0.2) is 11.6 Å². The van der Waals surface area contributed by atoms with Crippen molar-refractivity contribution in [2.24, 2.45) is 23.7 Å². The van der Waals surface area contributed by atoms with Gasteiger partial charge in [0.1, 0.15) is 0 Å². The number of benzene rings is 1. The van der Waals surface area contributed by atoms with E-state index in [0.717, 1.165) is 30.6 Å². The van der Waals surface area contributed by atoms with E-state index in [2.05, 4.69) is 6.92 Å². The van der Waals surface area contributed by atoms with E-state index in [4.69, 9.17) is 4.74 Å². The molecule has 2 aliphatic rings. The summed E-state index contributed by atoms with van der Waals surface area (Å²) in [5, 5.41) is 0. The molecule has 0 spiro atoms. The van der Waals surface area contributed by atoms with Crippen LogP contribution in [0.25, 0.3) is 0 Å². The smallest absolute Gasteiger partial charge is 0.200 e. The molecule has 2 fully saturated rings. The summed E-state index contributed by atoms with van der Waals surface area (Å²) >= 11 is 0. The molecule has 1 aromatic rings. The largest absolute Gasteiger partial charge is 0.490 e. The summed E-state index contributed by atoms with van der Waals surface area (Å²) in [5.41, 5.74) is 0.696. The van der Waals surface area contributed by atoms with Gasteiger partial charge in [0, 0.05) is 0 Å². The van der Waals surface area contributed by atoms with E-state index >= 15 is 0 Å². The standard InChI is InChI=1S/C23H34F2O/c1-3-4-17-5-9-19(10-6-17)20-11-7-18(8-12-20)15-26-22-14-16(2)13-21(24)23(22)25/h13-14,17-20H,3-12,15H2,1-2H3. The molecule has 146 valence electrons. The minimum absolute atomic E-state index is 0.0684. The average Bonchev–Trinajstić information content (AvgIpc) is 2.65. The molecule has 0 saturated heterocycles. The highest BCUT2D eigenvalue weighted by Crippen LogP contribution is 2.42. The van der Waals surface area contributed by atoms with Crippen molar-refractivity contribution in [1.29, 1.82) is 0 Å². The van der Waals surface area contributed by atoms with Crippen molar-refractivity contribution in [2.45, 2.75) is 78.1 Å². The maximum absolute atomic E-state index is 13.8. The fourth-order valence-corrected chi connectivity index (χ4v) is 5.19. The summed E-state index contributed by atoms with van der Waals surface area (Å²) in [6.07, 6.45) is 13.3.